The van der Waals surface area contributed by atoms with E-state index < -0.39 is 97.5 Å². The molecule has 0 aromatic carbocycles. The molecule has 0 aliphatic rings. The first-order valence-corrected chi connectivity index (χ1v) is 41.7. The summed E-state index contributed by atoms with van der Waals surface area (Å²) in [6, 6.07) is 0. The van der Waals surface area contributed by atoms with Gasteiger partial charge in [-0.25, -0.2) is 9.13 Å². The second kappa shape index (κ2) is 66.1. The van der Waals surface area contributed by atoms with E-state index in [2.05, 4.69) is 72.8 Å². The van der Waals surface area contributed by atoms with Gasteiger partial charge in [0.2, 0.25) is 0 Å². The zero-order chi connectivity index (χ0) is 70.1. The second-order valence-electron chi connectivity index (χ2n) is 28.1. The molecule has 0 saturated carbocycles. The molecule has 0 bridgehead atoms. The molecule has 0 heterocycles. The van der Waals surface area contributed by atoms with Gasteiger partial charge in [-0.05, 0) is 69.1 Å². The van der Waals surface area contributed by atoms with E-state index in [0.29, 0.717) is 31.6 Å². The molecule has 3 unspecified atom stereocenters. The highest BCUT2D eigenvalue weighted by molar-refractivity contribution is 7.47. The summed E-state index contributed by atoms with van der Waals surface area (Å²) in [6.07, 6.45) is 55.0. The van der Waals surface area contributed by atoms with Gasteiger partial charge in [0, 0.05) is 25.7 Å². The van der Waals surface area contributed by atoms with E-state index in [1.165, 1.54) is 148 Å². The van der Waals surface area contributed by atoms with Gasteiger partial charge in [0.05, 0.1) is 26.4 Å². The van der Waals surface area contributed by atoms with Gasteiger partial charge in [-0.2, -0.15) is 0 Å². The van der Waals surface area contributed by atoms with Gasteiger partial charge >= 0.3 is 39.5 Å². The minimum atomic E-state index is -4.97. The molecule has 0 aliphatic carbocycles. The zero-order valence-electron chi connectivity index (χ0n) is 61.6. The number of phosphoric acid groups is 2. The van der Waals surface area contributed by atoms with E-state index in [9.17, 15) is 43.2 Å². The number of esters is 4. The molecule has 95 heavy (non-hydrogen) atoms. The van der Waals surface area contributed by atoms with Crippen molar-refractivity contribution in [2.24, 2.45) is 17.8 Å². The summed E-state index contributed by atoms with van der Waals surface area (Å²) < 4.78 is 68.4. The lowest BCUT2D eigenvalue weighted by atomic mass is 10.0. The summed E-state index contributed by atoms with van der Waals surface area (Å²) >= 11 is 0. The van der Waals surface area contributed by atoms with E-state index in [0.717, 1.165) is 127 Å². The maximum Gasteiger partial charge on any atom is 0.472 e. The van der Waals surface area contributed by atoms with Gasteiger partial charge < -0.3 is 33.8 Å². The number of hydrogen-bond donors (Lipinski definition) is 3. The summed E-state index contributed by atoms with van der Waals surface area (Å²) in [7, 11) is -9.92. The first-order valence-electron chi connectivity index (χ1n) is 38.7. The SMILES string of the molecule is CCCCCC/C=C\C=C/CCCCCCCC(=O)OC[C@H](COP(=O)(O)OCC(O)COP(=O)(O)OC[C@@H](COC(=O)CCCCCCCCCC(C)C)OC(=O)CCCCCCCCCCCC(C)C)OC(=O)CCCCCCCCCCCCCCCCCC(C)C. The maximum absolute atomic E-state index is 13.1. The van der Waals surface area contributed by atoms with Crippen LogP contribution in [0.4, 0.5) is 0 Å². The Bertz CT molecular complexity index is 1950. The highest BCUT2D eigenvalue weighted by Crippen LogP contribution is 2.45. The highest BCUT2D eigenvalue weighted by atomic mass is 31.2. The fraction of sp³-hybridized carbons (Fsp3) is 0.895. The lowest BCUT2D eigenvalue weighted by molar-refractivity contribution is -0.161. The van der Waals surface area contributed by atoms with Gasteiger partial charge in [0.25, 0.3) is 0 Å². The van der Waals surface area contributed by atoms with Crippen LogP contribution in [0, 0.1) is 17.8 Å². The van der Waals surface area contributed by atoms with Gasteiger partial charge in [0.15, 0.2) is 12.2 Å². The Kier molecular flexibility index (Phi) is 64.4. The van der Waals surface area contributed by atoms with Crippen molar-refractivity contribution >= 4 is 39.5 Å². The van der Waals surface area contributed by atoms with Crippen molar-refractivity contribution < 1.29 is 80.2 Å². The third-order valence-corrected chi connectivity index (χ3v) is 18.9. The third-order valence-electron chi connectivity index (χ3n) is 17.0. The average molecular weight is 1390 g/mol. The average Bonchev–Trinajstić information content (AvgIpc) is 1.22. The van der Waals surface area contributed by atoms with Crippen molar-refractivity contribution in [3.63, 3.8) is 0 Å². The van der Waals surface area contributed by atoms with E-state index in [1.54, 1.807) is 0 Å². The minimum absolute atomic E-state index is 0.100. The number of unbranched alkanes of at least 4 members (excludes halogenated alkanes) is 37. The second-order valence-corrected chi connectivity index (χ2v) is 31.0. The maximum atomic E-state index is 13.1. The molecule has 0 aromatic rings. The highest BCUT2D eigenvalue weighted by Gasteiger charge is 2.30. The van der Waals surface area contributed by atoms with Crippen molar-refractivity contribution in [2.75, 3.05) is 39.6 Å². The molecular weight excluding hydrogens is 1250 g/mol. The van der Waals surface area contributed by atoms with Gasteiger partial charge in [0.1, 0.15) is 19.3 Å². The number of hydrogen-bond acceptors (Lipinski definition) is 15. The third kappa shape index (κ3) is 69.8. The molecule has 17 nitrogen and oxygen atoms in total. The molecule has 0 radical (unpaired) electrons. The first-order chi connectivity index (χ1) is 45.7. The molecule has 3 N–H and O–H groups in total. The monoisotopic (exact) mass is 1390 g/mol. The van der Waals surface area contributed by atoms with Crippen LogP contribution in [0.15, 0.2) is 24.3 Å². The van der Waals surface area contributed by atoms with Crippen LogP contribution in [0.5, 0.6) is 0 Å². The largest absolute Gasteiger partial charge is 0.472 e. The quantitative estimate of drug-likeness (QED) is 0.0169. The Balaban J connectivity index is 5.28. The number of rotatable bonds is 72. The van der Waals surface area contributed by atoms with Crippen LogP contribution < -0.4 is 0 Å². The van der Waals surface area contributed by atoms with Gasteiger partial charge in [-0.1, -0.05) is 310 Å². The summed E-state index contributed by atoms with van der Waals surface area (Å²) in [6.45, 7) is 11.8. The van der Waals surface area contributed by atoms with Crippen LogP contribution in [0.25, 0.3) is 0 Å². The fourth-order valence-corrected chi connectivity index (χ4v) is 12.6. The molecule has 0 aliphatic heterocycles. The van der Waals surface area contributed by atoms with Crippen LogP contribution in [0.3, 0.4) is 0 Å². The number of phosphoric ester groups is 2. The van der Waals surface area contributed by atoms with Crippen molar-refractivity contribution in [3.05, 3.63) is 24.3 Å². The summed E-state index contributed by atoms with van der Waals surface area (Å²) in [4.78, 5) is 72.8. The van der Waals surface area contributed by atoms with Crippen molar-refractivity contribution in [2.45, 2.75) is 381 Å². The molecule has 0 fully saturated rings. The normalized spacial score (nSPS) is 14.2. The molecule has 0 spiro atoms. The van der Waals surface area contributed by atoms with Crippen LogP contribution in [-0.2, 0) is 65.4 Å². The fourth-order valence-electron chi connectivity index (χ4n) is 11.1. The van der Waals surface area contributed by atoms with E-state index in [1.807, 2.05) is 0 Å². The zero-order valence-corrected chi connectivity index (χ0v) is 63.4. The number of aliphatic hydroxyl groups excluding tert-OH is 1. The Labute approximate surface area is 580 Å². The van der Waals surface area contributed by atoms with Crippen molar-refractivity contribution in [1.82, 2.24) is 0 Å². The Morgan fingerprint density at radius 3 is 0.853 bits per heavy atom. The standard InChI is InChI=1S/C76H144O17P2/c1-8-9-10-11-12-13-14-15-17-21-24-29-36-43-50-57-73(78)86-63-71(92-75(80)59-52-45-37-30-25-22-19-16-18-20-23-27-33-40-47-54-67(2)3)65-90-94(82,83)88-61-70(77)62-89-95(84,85)91-66-72(64-87-74(79)58-51-44-39-32-35-42-49-56-69(6)7)93-76(81)60-53-46-38-31-26-28-34-41-48-55-68(4)5/h13-15,17,67-72,77H,8-12,16,18-66H2,1-7H3,(H,82,83)(H,84,85)/b14-13-,17-15-/t70?,71-,72-/m1/s1. The Hall–Kier alpha value is -2.46. The number of carbonyl (C=O) groups excluding carboxylic acids is 4. The first kappa shape index (κ1) is 92.5. The van der Waals surface area contributed by atoms with Crippen LogP contribution in [-0.4, -0.2) is 96.7 Å². The molecule has 19 heteroatoms. The lowest BCUT2D eigenvalue weighted by Crippen LogP contribution is -2.30. The molecule has 0 rings (SSSR count). The summed E-state index contributed by atoms with van der Waals surface area (Å²) in [5, 5.41) is 10.6. The number of carbonyl (C=O) groups is 4. The van der Waals surface area contributed by atoms with E-state index >= 15 is 0 Å². The summed E-state index contributed by atoms with van der Waals surface area (Å²) in [5.74, 6) is 0.0888. The smallest absolute Gasteiger partial charge is 0.462 e. The molecule has 0 saturated heterocycles. The molecule has 0 amide bonds. The van der Waals surface area contributed by atoms with E-state index in [4.69, 9.17) is 37.0 Å². The van der Waals surface area contributed by atoms with Crippen LogP contribution >= 0.6 is 15.6 Å². The van der Waals surface area contributed by atoms with E-state index in [-0.39, 0.29) is 25.7 Å². The number of aliphatic hydroxyl groups is 1. The Morgan fingerprint density at radius 1 is 0.326 bits per heavy atom. The van der Waals surface area contributed by atoms with Crippen molar-refractivity contribution in [1.29, 1.82) is 0 Å². The predicted octanol–water partition coefficient (Wildman–Crippen LogP) is 21.7. The predicted molar refractivity (Wildman–Crippen MR) is 386 cm³/mol. The molecule has 0 aromatic heterocycles. The van der Waals surface area contributed by atoms with Crippen LogP contribution in [0.1, 0.15) is 363 Å². The lowest BCUT2D eigenvalue weighted by Gasteiger charge is -2.21. The van der Waals surface area contributed by atoms with Crippen LogP contribution in [0.2, 0.25) is 0 Å². The van der Waals surface area contributed by atoms with Gasteiger partial charge in [-0.3, -0.25) is 37.3 Å². The topological polar surface area (TPSA) is 237 Å². The minimum Gasteiger partial charge on any atom is -0.462 e. The molecule has 5 atom stereocenters. The number of allylic oxidation sites excluding steroid dienone is 4. The summed E-state index contributed by atoms with van der Waals surface area (Å²) in [5.41, 5.74) is 0. The number of ether oxygens (including phenoxy) is 4. The van der Waals surface area contributed by atoms with Gasteiger partial charge in [-0.15, -0.1) is 0 Å². The Morgan fingerprint density at radius 2 is 0.568 bits per heavy atom. The molecular formula is C76H144O17P2. The van der Waals surface area contributed by atoms with Crippen molar-refractivity contribution in [3.8, 4) is 0 Å². The molecule has 560 valence electrons.